The fourth-order valence-electron chi connectivity index (χ4n) is 4.83. The van der Waals surface area contributed by atoms with Gasteiger partial charge in [0.05, 0.1) is 29.4 Å². The van der Waals surface area contributed by atoms with Crippen LogP contribution in [0.2, 0.25) is 5.02 Å². The van der Waals surface area contributed by atoms with Gasteiger partial charge in [-0.3, -0.25) is 4.79 Å². The van der Waals surface area contributed by atoms with Crippen molar-refractivity contribution in [3.05, 3.63) is 51.4 Å². The first-order chi connectivity index (χ1) is 14.0. The number of hydrogen-bond acceptors (Lipinski definition) is 5. The van der Waals surface area contributed by atoms with Crippen molar-refractivity contribution in [1.29, 1.82) is 0 Å². The molecule has 2 aromatic rings. The summed E-state index contributed by atoms with van der Waals surface area (Å²) in [5.41, 5.74) is 4.03. The molecule has 0 amide bonds. The Kier molecular flexibility index (Phi) is 4.81. The first-order valence-corrected chi connectivity index (χ1v) is 12.0. The Morgan fingerprint density at radius 3 is 2.90 bits per heavy atom. The second-order valence-corrected chi connectivity index (χ2v) is 10.1. The van der Waals surface area contributed by atoms with Crippen molar-refractivity contribution in [2.75, 3.05) is 36.2 Å². The lowest BCUT2D eigenvalue weighted by molar-refractivity contribution is -0.146. The number of thiophene rings is 1. The molecule has 2 atom stereocenters. The van der Waals surface area contributed by atoms with E-state index in [-0.39, 0.29) is 22.6 Å². The van der Waals surface area contributed by atoms with Crippen LogP contribution in [0, 0.1) is 0 Å². The van der Waals surface area contributed by atoms with Crippen LogP contribution in [0.3, 0.4) is 0 Å². The number of carbonyl (C=O) groups excluding carboxylic acids is 1. The summed E-state index contributed by atoms with van der Waals surface area (Å²) in [6, 6.07) is 8.09. The molecule has 152 valence electrons. The highest BCUT2D eigenvalue weighted by Crippen LogP contribution is 2.50. The van der Waals surface area contributed by atoms with Gasteiger partial charge in [0.1, 0.15) is 19.2 Å². The number of allylic oxidation sites excluding steroid dienone is 1. The number of ether oxygens (including phenoxy) is 1. The van der Waals surface area contributed by atoms with Gasteiger partial charge < -0.3 is 14.5 Å². The maximum absolute atomic E-state index is 11.4. The average molecular weight is 431 g/mol. The number of rotatable bonds is 3. The van der Waals surface area contributed by atoms with E-state index in [1.54, 1.807) is 0 Å². The number of para-hydroxylation sites is 1. The Morgan fingerprint density at radius 1 is 1.28 bits per heavy atom. The lowest BCUT2D eigenvalue weighted by atomic mass is 10.1. The van der Waals surface area contributed by atoms with Crippen LogP contribution in [0.4, 0.5) is 10.7 Å². The predicted octanol–water partition coefficient (Wildman–Crippen LogP) is 4.18. The van der Waals surface area contributed by atoms with E-state index in [2.05, 4.69) is 39.2 Å². The van der Waals surface area contributed by atoms with Crippen molar-refractivity contribution in [3.8, 4) is 0 Å². The van der Waals surface area contributed by atoms with Gasteiger partial charge in [-0.05, 0) is 24.6 Å². The molecule has 1 aliphatic carbocycles. The summed E-state index contributed by atoms with van der Waals surface area (Å²) in [4.78, 5) is 20.1. The fourth-order valence-corrected chi connectivity index (χ4v) is 7.29. The molecule has 7 heteroatoms. The third-order valence-electron chi connectivity index (χ3n) is 6.16. The molecule has 1 aromatic carbocycles. The van der Waals surface area contributed by atoms with Gasteiger partial charge in [-0.25, -0.2) is 4.90 Å². The molecule has 0 spiro atoms. The predicted molar refractivity (Wildman–Crippen MR) is 120 cm³/mol. The molecule has 0 bridgehead atoms. The quantitative estimate of drug-likeness (QED) is 0.539. The monoisotopic (exact) mass is 430 g/mol. The number of esters is 1. The maximum atomic E-state index is 11.4. The topological polar surface area (TPSA) is 36.0 Å². The van der Waals surface area contributed by atoms with Crippen LogP contribution >= 0.6 is 22.1 Å². The van der Waals surface area contributed by atoms with Crippen LogP contribution in [-0.4, -0.2) is 43.4 Å². The molecule has 1 aromatic heterocycles. The molecule has 2 aliphatic heterocycles. The number of nitrogens with zero attached hydrogens (tertiary/aromatic N) is 3. The second-order valence-electron chi connectivity index (χ2n) is 7.83. The molecule has 3 heterocycles. The van der Waals surface area contributed by atoms with Gasteiger partial charge in [-0.1, -0.05) is 29.8 Å². The van der Waals surface area contributed by atoms with Crippen LogP contribution < -0.4 is 9.80 Å². The van der Waals surface area contributed by atoms with Crippen molar-refractivity contribution in [2.45, 2.75) is 26.1 Å². The molecule has 1 saturated heterocycles. The van der Waals surface area contributed by atoms with Gasteiger partial charge in [-0.2, -0.15) is 0 Å². The SMILES string of the molecule is CC(=O)OCN1CCN2c3c(c4c([s+]3C)C=CC4)CN(c3ccccc3Cl)CC12. The Hall–Kier alpha value is -2.02. The Bertz CT molecular complexity index is 1000. The molecular weight excluding hydrogens is 406 g/mol. The van der Waals surface area contributed by atoms with E-state index in [0.29, 0.717) is 6.73 Å². The molecule has 2 unspecified atom stereocenters. The number of carbonyl (C=O) groups is 1. The van der Waals surface area contributed by atoms with Gasteiger partial charge in [0.15, 0.2) is 4.88 Å². The van der Waals surface area contributed by atoms with Crippen molar-refractivity contribution < 1.29 is 9.53 Å². The lowest BCUT2D eigenvalue weighted by Gasteiger charge is -2.32. The van der Waals surface area contributed by atoms with Crippen molar-refractivity contribution in [1.82, 2.24) is 4.90 Å². The number of benzene rings is 1. The zero-order chi connectivity index (χ0) is 20.1. The molecule has 0 N–H and O–H groups in total. The van der Waals surface area contributed by atoms with Crippen LogP contribution in [0.15, 0.2) is 30.3 Å². The number of anilines is 2. The molecule has 5 nitrogen and oxygen atoms in total. The van der Waals surface area contributed by atoms with Crippen molar-refractivity contribution in [3.63, 3.8) is 0 Å². The summed E-state index contributed by atoms with van der Waals surface area (Å²) in [6.45, 7) is 5.35. The molecule has 29 heavy (non-hydrogen) atoms. The fraction of sp³-hybridized carbons (Fsp3) is 0.409. The third-order valence-corrected chi connectivity index (χ3v) is 8.58. The third kappa shape index (κ3) is 3.14. The normalized spacial score (nSPS) is 21.1. The smallest absolute Gasteiger partial charge is 0.303 e. The minimum atomic E-state index is -0.234. The summed E-state index contributed by atoms with van der Waals surface area (Å²) in [5.74, 6) is -0.234. The second kappa shape index (κ2) is 7.35. The molecule has 0 saturated carbocycles. The van der Waals surface area contributed by atoms with Crippen LogP contribution in [0.1, 0.15) is 22.9 Å². The van der Waals surface area contributed by atoms with Gasteiger partial charge in [0.25, 0.3) is 0 Å². The van der Waals surface area contributed by atoms with Gasteiger partial charge in [0.2, 0.25) is 5.00 Å². The minimum absolute atomic E-state index is 0.0835. The van der Waals surface area contributed by atoms with E-state index in [1.807, 2.05) is 18.2 Å². The maximum Gasteiger partial charge on any atom is 0.303 e. The highest BCUT2D eigenvalue weighted by molar-refractivity contribution is 7.34. The molecule has 5 rings (SSSR count). The molecule has 1 fully saturated rings. The number of hydrogen-bond donors (Lipinski definition) is 0. The van der Waals surface area contributed by atoms with Gasteiger partial charge >= 0.3 is 5.97 Å². The van der Waals surface area contributed by atoms with Crippen LogP contribution in [-0.2, 0) is 28.8 Å². The summed E-state index contributed by atoms with van der Waals surface area (Å²) < 4.78 is 5.37. The van der Waals surface area contributed by atoms with E-state index in [0.717, 1.165) is 43.3 Å². The number of fused-ring (bicyclic) bond motifs is 5. The zero-order valence-corrected chi connectivity index (χ0v) is 18.3. The highest BCUT2D eigenvalue weighted by Gasteiger charge is 2.45. The Balaban J connectivity index is 1.59. The summed E-state index contributed by atoms with van der Waals surface area (Å²) in [6.07, 6.45) is 8.14. The van der Waals surface area contributed by atoms with Gasteiger partial charge in [-0.15, -0.1) is 0 Å². The zero-order valence-electron chi connectivity index (χ0n) is 16.7. The summed E-state index contributed by atoms with van der Waals surface area (Å²) >= 11 is 6.60. The van der Waals surface area contributed by atoms with Crippen molar-refractivity contribution >= 4 is 44.8 Å². The first kappa shape index (κ1) is 19.0. The Labute approximate surface area is 179 Å². The van der Waals surface area contributed by atoms with E-state index < -0.39 is 0 Å². The largest absolute Gasteiger partial charge is 0.450 e. The van der Waals surface area contributed by atoms with Crippen LogP contribution in [0.25, 0.3) is 6.08 Å². The van der Waals surface area contributed by atoms with E-state index in [1.165, 1.54) is 27.9 Å². The molecule has 3 aliphatic rings. The first-order valence-electron chi connectivity index (χ1n) is 9.97. The van der Waals surface area contributed by atoms with E-state index in [4.69, 9.17) is 16.3 Å². The van der Waals surface area contributed by atoms with E-state index >= 15 is 0 Å². The molecule has 0 radical (unpaired) electrons. The standard InChI is InChI=1S/C22H25ClN3O2S/c1-15(27)28-14-24-10-11-26-21(24)13-25(19-8-4-3-7-18(19)23)12-17-16-6-5-9-20(16)29(2)22(17)26/h3-5,7-9,21H,6,10-14H2,1-2H3/q+1. The Morgan fingerprint density at radius 2 is 2.10 bits per heavy atom. The molecular formula is C22H25ClN3O2S+. The summed E-state index contributed by atoms with van der Waals surface area (Å²) in [5, 5.41) is 2.25. The number of halogens is 1. The van der Waals surface area contributed by atoms with Gasteiger partial charge in [0, 0.05) is 36.0 Å². The van der Waals surface area contributed by atoms with Crippen LogP contribution in [0.5, 0.6) is 0 Å². The minimum Gasteiger partial charge on any atom is -0.450 e. The van der Waals surface area contributed by atoms with E-state index in [9.17, 15) is 4.79 Å². The summed E-state index contributed by atoms with van der Waals surface area (Å²) in [7, 11) is 0.0835. The highest BCUT2D eigenvalue weighted by atomic mass is 35.5. The average Bonchev–Trinajstić information content (AvgIpc) is 3.35. The lowest BCUT2D eigenvalue weighted by Crippen LogP contribution is -2.46. The van der Waals surface area contributed by atoms with Crippen molar-refractivity contribution in [2.24, 2.45) is 6.26 Å².